The molecule has 1 heterocycles. The highest BCUT2D eigenvalue weighted by Crippen LogP contribution is 2.17. The highest BCUT2D eigenvalue weighted by molar-refractivity contribution is 6.19. The van der Waals surface area contributed by atoms with Crippen LogP contribution in [0, 0.1) is 18.8 Å². The van der Waals surface area contributed by atoms with E-state index in [4.69, 9.17) is 20.9 Å². The van der Waals surface area contributed by atoms with Gasteiger partial charge >= 0.3 is 0 Å². The molecule has 0 aliphatic carbocycles. The van der Waals surface area contributed by atoms with Crippen molar-refractivity contribution in [1.82, 2.24) is 5.16 Å². The summed E-state index contributed by atoms with van der Waals surface area (Å²) < 4.78 is 10.3. The van der Waals surface area contributed by atoms with Gasteiger partial charge in [-0.3, -0.25) is 0 Å². The Balaban J connectivity index is 2.04. The maximum Gasteiger partial charge on any atom is 0.130 e. The monoisotopic (exact) mass is 261 g/mol. The average molecular weight is 262 g/mol. The topological polar surface area (TPSA) is 35.3 Å². The zero-order chi connectivity index (χ0) is 12.8. The molecule has 0 saturated carbocycles. The number of nitrogens with zero attached hydrogens (tertiary/aromatic N) is 1. The average Bonchev–Trinajstić information content (AvgIpc) is 2.88. The largest absolute Gasteiger partial charge is 0.489 e. The van der Waals surface area contributed by atoms with Gasteiger partial charge in [-0.1, -0.05) is 17.0 Å². The number of ether oxygens (including phenoxy) is 1. The number of hydrogen-bond acceptors (Lipinski definition) is 3. The Labute approximate surface area is 111 Å². The smallest absolute Gasteiger partial charge is 0.130 e. The molecule has 0 amide bonds. The molecule has 1 aromatic carbocycles. The molecule has 0 saturated heterocycles. The third-order valence-electron chi connectivity index (χ3n) is 2.38. The standard InChI is InChI=1S/C14H12ClNO2/c1-11-7-14(5-4-13(11)3-2-6-15)17-9-12-8-16-18-10-12/h4-5,7-8,10H,6,9H2,1H3. The minimum atomic E-state index is 0.338. The van der Waals surface area contributed by atoms with Crippen molar-refractivity contribution >= 4 is 11.6 Å². The van der Waals surface area contributed by atoms with Crippen LogP contribution in [-0.4, -0.2) is 11.0 Å². The molecular formula is C14H12ClNO2. The third kappa shape index (κ3) is 3.28. The summed E-state index contributed by atoms with van der Waals surface area (Å²) in [6, 6.07) is 5.77. The third-order valence-corrected chi connectivity index (χ3v) is 2.51. The lowest BCUT2D eigenvalue weighted by Crippen LogP contribution is -1.94. The van der Waals surface area contributed by atoms with Crippen molar-refractivity contribution < 1.29 is 9.26 Å². The second-order valence-corrected chi connectivity index (χ2v) is 4.00. The molecule has 0 bridgehead atoms. The zero-order valence-corrected chi connectivity index (χ0v) is 10.7. The van der Waals surface area contributed by atoms with Crippen molar-refractivity contribution in [3.8, 4) is 17.6 Å². The van der Waals surface area contributed by atoms with Crippen LogP contribution in [0.5, 0.6) is 5.75 Å². The first-order chi connectivity index (χ1) is 8.79. The van der Waals surface area contributed by atoms with Crippen LogP contribution < -0.4 is 4.74 Å². The number of hydrogen-bond donors (Lipinski definition) is 0. The number of alkyl halides is 1. The van der Waals surface area contributed by atoms with Crippen LogP contribution in [0.1, 0.15) is 16.7 Å². The Kier molecular flexibility index (Phi) is 4.27. The van der Waals surface area contributed by atoms with E-state index in [1.807, 2.05) is 25.1 Å². The normalized spacial score (nSPS) is 9.67. The summed E-state index contributed by atoms with van der Waals surface area (Å²) in [5, 5.41) is 3.61. The van der Waals surface area contributed by atoms with Crippen LogP contribution in [0.25, 0.3) is 0 Å². The Morgan fingerprint density at radius 3 is 3.00 bits per heavy atom. The summed E-state index contributed by atoms with van der Waals surface area (Å²) in [5.74, 6) is 6.97. The summed E-state index contributed by atoms with van der Waals surface area (Å²) in [5.41, 5.74) is 2.93. The van der Waals surface area contributed by atoms with E-state index in [2.05, 4.69) is 17.0 Å². The number of aryl methyl sites for hydroxylation is 1. The molecule has 0 spiro atoms. The van der Waals surface area contributed by atoms with Crippen molar-refractivity contribution in [2.45, 2.75) is 13.5 Å². The van der Waals surface area contributed by atoms with Crippen molar-refractivity contribution in [2.75, 3.05) is 5.88 Å². The molecule has 1 aromatic heterocycles. The summed E-state index contributed by atoms with van der Waals surface area (Å²) in [6.45, 7) is 2.43. The predicted octanol–water partition coefficient (Wildman–Crippen LogP) is 3.15. The predicted molar refractivity (Wildman–Crippen MR) is 69.6 cm³/mol. The van der Waals surface area contributed by atoms with Gasteiger partial charge in [-0.25, -0.2) is 0 Å². The first-order valence-corrected chi connectivity index (χ1v) is 5.99. The van der Waals surface area contributed by atoms with Crippen LogP contribution in [0.15, 0.2) is 35.2 Å². The lowest BCUT2D eigenvalue weighted by atomic mass is 10.1. The summed E-state index contributed by atoms with van der Waals surface area (Å²) in [6.07, 6.45) is 3.19. The van der Waals surface area contributed by atoms with Crippen LogP contribution in [-0.2, 0) is 6.61 Å². The van der Waals surface area contributed by atoms with Crippen LogP contribution >= 0.6 is 11.6 Å². The molecular weight excluding hydrogens is 250 g/mol. The van der Waals surface area contributed by atoms with Gasteiger partial charge in [0.2, 0.25) is 0 Å². The maximum absolute atomic E-state index is 5.62. The lowest BCUT2D eigenvalue weighted by molar-refractivity contribution is 0.304. The van der Waals surface area contributed by atoms with Crippen LogP contribution in [0.2, 0.25) is 0 Å². The molecule has 3 nitrogen and oxygen atoms in total. The van der Waals surface area contributed by atoms with Gasteiger partial charge in [0.05, 0.1) is 12.1 Å². The summed E-state index contributed by atoms with van der Waals surface area (Å²) >= 11 is 5.53. The van der Waals surface area contributed by atoms with Gasteiger partial charge in [-0.05, 0) is 30.7 Å². The Morgan fingerprint density at radius 2 is 2.33 bits per heavy atom. The fraction of sp³-hybridized carbons (Fsp3) is 0.214. The highest BCUT2D eigenvalue weighted by Gasteiger charge is 2.01. The SMILES string of the molecule is Cc1cc(OCc2cnoc2)ccc1C#CCCl. The summed E-state index contributed by atoms with van der Waals surface area (Å²) in [4.78, 5) is 0. The number of rotatable bonds is 3. The Bertz CT molecular complexity index is 567. The Hall–Kier alpha value is -1.92. The van der Waals surface area contributed by atoms with Gasteiger partial charge < -0.3 is 9.26 Å². The number of benzene rings is 1. The van der Waals surface area contributed by atoms with Crippen molar-refractivity contribution in [3.05, 3.63) is 47.3 Å². The molecule has 0 radical (unpaired) electrons. The van der Waals surface area contributed by atoms with Gasteiger partial charge in [-0.2, -0.15) is 0 Å². The van der Waals surface area contributed by atoms with Gasteiger partial charge in [0.15, 0.2) is 0 Å². The van der Waals surface area contributed by atoms with E-state index < -0.39 is 0 Å². The van der Waals surface area contributed by atoms with Crippen LogP contribution in [0.3, 0.4) is 0 Å². The maximum atomic E-state index is 5.62. The van der Waals surface area contributed by atoms with E-state index in [1.54, 1.807) is 12.5 Å². The number of halogens is 1. The Morgan fingerprint density at radius 1 is 1.44 bits per heavy atom. The van der Waals surface area contributed by atoms with Gasteiger partial charge in [-0.15, -0.1) is 11.6 Å². The fourth-order valence-electron chi connectivity index (χ4n) is 1.46. The quantitative estimate of drug-likeness (QED) is 0.629. The van der Waals surface area contributed by atoms with Gasteiger partial charge in [0, 0.05) is 11.1 Å². The molecule has 0 fully saturated rings. The molecule has 4 heteroatoms. The van der Waals surface area contributed by atoms with Gasteiger partial charge in [0.1, 0.15) is 18.6 Å². The van der Waals surface area contributed by atoms with E-state index >= 15 is 0 Å². The molecule has 18 heavy (non-hydrogen) atoms. The molecule has 0 atom stereocenters. The zero-order valence-electron chi connectivity index (χ0n) is 9.94. The van der Waals surface area contributed by atoms with E-state index in [0.717, 1.165) is 22.4 Å². The molecule has 0 N–H and O–H groups in total. The van der Waals surface area contributed by atoms with E-state index in [0.29, 0.717) is 12.5 Å². The van der Waals surface area contributed by atoms with E-state index in [1.165, 1.54) is 0 Å². The fourth-order valence-corrected chi connectivity index (χ4v) is 1.53. The molecule has 2 rings (SSSR count). The minimum absolute atomic E-state index is 0.338. The number of aromatic nitrogens is 1. The molecule has 0 aliphatic rings. The highest BCUT2D eigenvalue weighted by atomic mass is 35.5. The first-order valence-electron chi connectivity index (χ1n) is 5.46. The van der Waals surface area contributed by atoms with Gasteiger partial charge in [0.25, 0.3) is 0 Å². The molecule has 92 valence electrons. The minimum Gasteiger partial charge on any atom is -0.489 e. The summed E-state index contributed by atoms with van der Waals surface area (Å²) in [7, 11) is 0. The van der Waals surface area contributed by atoms with E-state index in [-0.39, 0.29) is 0 Å². The van der Waals surface area contributed by atoms with Crippen LogP contribution in [0.4, 0.5) is 0 Å². The van der Waals surface area contributed by atoms with Crippen molar-refractivity contribution in [3.63, 3.8) is 0 Å². The molecule has 2 aromatic rings. The lowest BCUT2D eigenvalue weighted by Gasteiger charge is -2.06. The first kappa shape index (κ1) is 12.5. The van der Waals surface area contributed by atoms with E-state index in [9.17, 15) is 0 Å². The second-order valence-electron chi connectivity index (χ2n) is 3.73. The van der Waals surface area contributed by atoms with Crippen molar-refractivity contribution in [1.29, 1.82) is 0 Å². The molecule has 0 aliphatic heterocycles. The molecule has 0 unspecified atom stereocenters. The van der Waals surface area contributed by atoms with Crippen molar-refractivity contribution in [2.24, 2.45) is 0 Å². The second kappa shape index (κ2) is 6.13.